The van der Waals surface area contributed by atoms with Crippen LogP contribution in [0.4, 0.5) is 0 Å². The van der Waals surface area contributed by atoms with Crippen LogP contribution in [-0.2, 0) is 4.74 Å². The van der Waals surface area contributed by atoms with E-state index in [2.05, 4.69) is 19.0 Å². The lowest BCUT2D eigenvalue weighted by molar-refractivity contribution is -0.168. The summed E-state index contributed by atoms with van der Waals surface area (Å²) in [4.78, 5) is 16.6. The molecule has 2 saturated heterocycles. The monoisotopic (exact) mass is 352 g/mol. The molecule has 0 radical (unpaired) electrons. The van der Waals surface area contributed by atoms with E-state index in [9.17, 15) is 4.79 Å². The van der Waals surface area contributed by atoms with Crippen molar-refractivity contribution in [2.45, 2.75) is 18.4 Å². The summed E-state index contributed by atoms with van der Waals surface area (Å²) in [5.41, 5.74) is 0.464. The second kappa shape index (κ2) is 6.90. The van der Waals surface area contributed by atoms with Gasteiger partial charge < -0.3 is 19.3 Å². The molecule has 0 N–H and O–H groups in total. The molecule has 6 heteroatoms. The van der Waals surface area contributed by atoms with Crippen LogP contribution in [0, 0.1) is 5.92 Å². The Labute approximate surface area is 148 Å². The number of hydrogen-bond donors (Lipinski definition) is 0. The van der Waals surface area contributed by atoms with Gasteiger partial charge in [0.15, 0.2) is 0 Å². The molecule has 1 aromatic carbocycles. The molecule has 0 aromatic heterocycles. The fourth-order valence-electron chi connectivity index (χ4n) is 3.60. The van der Waals surface area contributed by atoms with E-state index in [1.54, 1.807) is 25.3 Å². The molecule has 1 spiro atoms. The Hall–Kier alpha value is -1.30. The minimum absolute atomic E-state index is 0.00388. The molecule has 0 bridgehead atoms. The molecule has 24 heavy (non-hydrogen) atoms. The average Bonchev–Trinajstić information content (AvgIpc) is 2.52. The zero-order valence-corrected chi connectivity index (χ0v) is 15.3. The highest BCUT2D eigenvalue weighted by Crippen LogP contribution is 2.37. The van der Waals surface area contributed by atoms with Crippen molar-refractivity contribution in [2.24, 2.45) is 5.92 Å². The molecule has 5 nitrogen and oxygen atoms in total. The lowest BCUT2D eigenvalue weighted by atomic mass is 9.82. The highest BCUT2D eigenvalue weighted by molar-refractivity contribution is 6.32. The Morgan fingerprint density at radius 2 is 2.21 bits per heavy atom. The van der Waals surface area contributed by atoms with Gasteiger partial charge in [0.25, 0.3) is 5.91 Å². The number of benzene rings is 1. The average molecular weight is 353 g/mol. The topological polar surface area (TPSA) is 42.0 Å². The van der Waals surface area contributed by atoms with Gasteiger partial charge in [0.05, 0.1) is 31.8 Å². The van der Waals surface area contributed by atoms with Crippen LogP contribution >= 0.6 is 11.6 Å². The van der Waals surface area contributed by atoms with Crippen LogP contribution in [0.15, 0.2) is 18.2 Å². The quantitative estimate of drug-likeness (QED) is 0.835. The molecule has 1 unspecified atom stereocenters. The number of methoxy groups -OCH3 is 1. The number of halogens is 1. The fourth-order valence-corrected chi connectivity index (χ4v) is 3.86. The third-order valence-electron chi connectivity index (χ3n) is 4.90. The summed E-state index contributed by atoms with van der Waals surface area (Å²) >= 11 is 6.11. The summed E-state index contributed by atoms with van der Waals surface area (Å²) in [5.74, 6) is 1.18. The highest BCUT2D eigenvalue weighted by atomic mass is 35.5. The largest absolute Gasteiger partial charge is 0.495 e. The van der Waals surface area contributed by atoms with Crippen molar-refractivity contribution in [3.63, 3.8) is 0 Å². The van der Waals surface area contributed by atoms with Gasteiger partial charge in [-0.2, -0.15) is 0 Å². The number of likely N-dealkylation sites (tertiary alicyclic amines) is 1. The molecule has 2 aliphatic heterocycles. The Bertz CT molecular complexity index is 604. The Balaban J connectivity index is 1.55. The molecule has 2 fully saturated rings. The van der Waals surface area contributed by atoms with Gasteiger partial charge in [0.2, 0.25) is 0 Å². The van der Waals surface area contributed by atoms with E-state index < -0.39 is 0 Å². The van der Waals surface area contributed by atoms with Crippen LogP contribution in [-0.4, -0.2) is 68.8 Å². The van der Waals surface area contributed by atoms with E-state index in [-0.39, 0.29) is 11.5 Å². The van der Waals surface area contributed by atoms with E-state index in [1.165, 1.54) is 0 Å². The minimum Gasteiger partial charge on any atom is -0.495 e. The Morgan fingerprint density at radius 3 is 2.75 bits per heavy atom. The summed E-state index contributed by atoms with van der Waals surface area (Å²) in [7, 11) is 5.74. The highest BCUT2D eigenvalue weighted by Gasteiger charge is 2.48. The molecule has 0 aliphatic carbocycles. The molecule has 0 saturated carbocycles. The van der Waals surface area contributed by atoms with E-state index in [1.807, 2.05) is 4.90 Å². The lowest BCUT2D eigenvalue weighted by Gasteiger charge is -2.53. The van der Waals surface area contributed by atoms with Crippen LogP contribution in [0.5, 0.6) is 5.75 Å². The predicted octanol–water partition coefficient (Wildman–Crippen LogP) is 2.53. The van der Waals surface area contributed by atoms with Crippen molar-refractivity contribution in [2.75, 3.05) is 47.4 Å². The first-order chi connectivity index (χ1) is 11.4. The molecule has 2 aliphatic rings. The maximum absolute atomic E-state index is 12.6. The summed E-state index contributed by atoms with van der Waals surface area (Å²) < 4.78 is 11.3. The van der Waals surface area contributed by atoms with Gasteiger partial charge in [0.1, 0.15) is 11.4 Å². The van der Waals surface area contributed by atoms with Gasteiger partial charge in [-0.15, -0.1) is 0 Å². The number of carbonyl (C=O) groups excluding carboxylic acids is 1. The third-order valence-corrected chi connectivity index (χ3v) is 5.20. The molecule has 132 valence electrons. The number of hydrogen-bond acceptors (Lipinski definition) is 4. The zero-order chi connectivity index (χ0) is 17.3. The summed E-state index contributed by atoms with van der Waals surface area (Å²) in [5, 5.41) is 0.457. The van der Waals surface area contributed by atoms with Crippen molar-refractivity contribution in [1.29, 1.82) is 0 Å². The number of amides is 1. The van der Waals surface area contributed by atoms with Gasteiger partial charge in [0, 0.05) is 12.1 Å². The van der Waals surface area contributed by atoms with Gasteiger partial charge in [-0.1, -0.05) is 11.6 Å². The van der Waals surface area contributed by atoms with Gasteiger partial charge in [-0.3, -0.25) is 4.79 Å². The van der Waals surface area contributed by atoms with Gasteiger partial charge in [-0.05, 0) is 51.1 Å². The van der Waals surface area contributed by atoms with E-state index in [0.717, 1.165) is 26.0 Å². The smallest absolute Gasteiger partial charge is 0.254 e. The van der Waals surface area contributed by atoms with Crippen LogP contribution in [0.3, 0.4) is 0 Å². The number of carbonyl (C=O) groups is 1. The lowest BCUT2D eigenvalue weighted by Crippen LogP contribution is -2.66. The van der Waals surface area contributed by atoms with Crippen molar-refractivity contribution in [3.05, 3.63) is 28.8 Å². The van der Waals surface area contributed by atoms with Crippen LogP contribution in [0.2, 0.25) is 5.02 Å². The standard InChI is InChI=1S/C18H25ClN2O3/c1-20(2)9-13-6-7-18(24-10-13)11-21(12-18)17(22)14-4-5-16(23-3)15(19)8-14/h4-5,8,13H,6-7,9-12H2,1-3H3. The van der Waals surface area contributed by atoms with Crippen molar-refractivity contribution in [1.82, 2.24) is 9.80 Å². The summed E-state index contributed by atoms with van der Waals surface area (Å²) in [6.07, 6.45) is 2.19. The fraction of sp³-hybridized carbons (Fsp3) is 0.611. The molecular weight excluding hydrogens is 328 g/mol. The molecule has 1 amide bonds. The second-order valence-electron chi connectivity index (χ2n) is 7.17. The first kappa shape index (κ1) is 17.5. The molecular formula is C18H25ClN2O3. The maximum Gasteiger partial charge on any atom is 0.254 e. The summed E-state index contributed by atoms with van der Waals surface area (Å²) in [6.45, 7) is 3.19. The molecule has 1 aromatic rings. The van der Waals surface area contributed by atoms with Crippen LogP contribution in [0.25, 0.3) is 0 Å². The molecule has 3 rings (SSSR count). The zero-order valence-electron chi connectivity index (χ0n) is 14.5. The Kier molecular flexibility index (Phi) is 5.04. The Morgan fingerprint density at radius 1 is 1.46 bits per heavy atom. The maximum atomic E-state index is 12.6. The SMILES string of the molecule is COc1ccc(C(=O)N2CC3(CCC(CN(C)C)CO3)C2)cc1Cl. The summed E-state index contributed by atoms with van der Waals surface area (Å²) in [6, 6.07) is 5.16. The van der Waals surface area contributed by atoms with Crippen molar-refractivity contribution < 1.29 is 14.3 Å². The first-order valence-corrected chi connectivity index (χ1v) is 8.72. The third kappa shape index (κ3) is 3.53. The first-order valence-electron chi connectivity index (χ1n) is 8.34. The van der Waals surface area contributed by atoms with Gasteiger partial charge in [-0.25, -0.2) is 0 Å². The molecule has 1 atom stereocenters. The van der Waals surface area contributed by atoms with Gasteiger partial charge >= 0.3 is 0 Å². The van der Waals surface area contributed by atoms with Crippen LogP contribution in [0.1, 0.15) is 23.2 Å². The van der Waals surface area contributed by atoms with E-state index >= 15 is 0 Å². The minimum atomic E-state index is -0.130. The molecule has 2 heterocycles. The van der Waals surface area contributed by atoms with Crippen LogP contribution < -0.4 is 4.74 Å². The van der Waals surface area contributed by atoms with Crippen molar-refractivity contribution >= 4 is 17.5 Å². The van der Waals surface area contributed by atoms with E-state index in [4.69, 9.17) is 21.1 Å². The predicted molar refractivity (Wildman–Crippen MR) is 93.9 cm³/mol. The normalized spacial score (nSPS) is 22.5. The number of ether oxygens (including phenoxy) is 2. The number of nitrogens with zero attached hydrogens (tertiary/aromatic N) is 2. The van der Waals surface area contributed by atoms with E-state index in [0.29, 0.717) is 35.3 Å². The second-order valence-corrected chi connectivity index (χ2v) is 7.58. The number of rotatable bonds is 4. The van der Waals surface area contributed by atoms with Crippen molar-refractivity contribution in [3.8, 4) is 5.75 Å².